The smallest absolute Gasteiger partial charge is 0.406 e. The number of hydrogen-bond acceptors (Lipinski definition) is 3. The first-order chi connectivity index (χ1) is 15.3. The zero-order valence-electron chi connectivity index (χ0n) is 17.6. The molecular weight excluding hydrogens is 423 g/mol. The molecule has 32 heavy (non-hydrogen) atoms. The molecule has 0 aromatic heterocycles. The normalized spacial score (nSPS) is 13.3. The molecule has 1 aliphatic heterocycles. The van der Waals surface area contributed by atoms with Crippen molar-refractivity contribution in [3.63, 3.8) is 0 Å². The number of amides is 3. The molecule has 2 aromatic rings. The second kappa shape index (κ2) is 10.9. The average Bonchev–Trinajstić information content (AvgIpc) is 2.76. The highest BCUT2D eigenvalue weighted by Crippen LogP contribution is 2.23. The van der Waals surface area contributed by atoms with Crippen molar-refractivity contribution in [2.24, 2.45) is 0 Å². The maximum atomic E-state index is 12.4. The Hall–Kier alpha value is -3.23. The molecule has 0 saturated carbocycles. The molecule has 0 bridgehead atoms. The van der Waals surface area contributed by atoms with Gasteiger partial charge >= 0.3 is 12.4 Å². The van der Waals surface area contributed by atoms with Gasteiger partial charge in [-0.05, 0) is 48.1 Å². The number of alkyl halides is 3. The molecule has 0 spiro atoms. The number of rotatable bonds is 8. The summed E-state index contributed by atoms with van der Waals surface area (Å²) < 4.78 is 40.3. The monoisotopic (exact) mass is 449 g/mol. The number of nitrogens with one attached hydrogen (secondary N) is 2. The summed E-state index contributed by atoms with van der Waals surface area (Å²) in [6.07, 6.45) is -2.47. The average molecular weight is 449 g/mol. The standard InChI is InChI=1S/C23H26F3N3O3/c24-23(25,26)32-20-9-7-17(8-10-20)11-14-28-22(31)27-13-3-6-21(30)29-15-12-18-4-1-2-5-19(18)16-29/h1-2,4-5,7-10H,3,6,11-16H2,(H2,27,28,31). The Morgan fingerprint density at radius 1 is 0.969 bits per heavy atom. The highest BCUT2D eigenvalue weighted by Gasteiger charge is 2.30. The van der Waals surface area contributed by atoms with Crippen molar-refractivity contribution in [2.45, 2.75) is 38.6 Å². The maximum Gasteiger partial charge on any atom is 0.573 e. The van der Waals surface area contributed by atoms with Crippen molar-refractivity contribution in [2.75, 3.05) is 19.6 Å². The molecule has 0 aliphatic carbocycles. The van der Waals surface area contributed by atoms with E-state index in [-0.39, 0.29) is 17.7 Å². The van der Waals surface area contributed by atoms with E-state index in [9.17, 15) is 22.8 Å². The molecule has 1 heterocycles. The highest BCUT2D eigenvalue weighted by atomic mass is 19.4. The van der Waals surface area contributed by atoms with E-state index in [0.717, 1.165) is 12.0 Å². The fourth-order valence-electron chi connectivity index (χ4n) is 3.55. The van der Waals surface area contributed by atoms with Gasteiger partial charge in [0.2, 0.25) is 5.91 Å². The van der Waals surface area contributed by atoms with Crippen molar-refractivity contribution >= 4 is 11.9 Å². The summed E-state index contributed by atoms with van der Waals surface area (Å²) in [6.45, 7) is 2.06. The van der Waals surface area contributed by atoms with Crippen molar-refractivity contribution in [1.29, 1.82) is 0 Å². The molecule has 172 valence electrons. The number of nitrogens with zero attached hydrogens (tertiary/aromatic N) is 1. The lowest BCUT2D eigenvalue weighted by molar-refractivity contribution is -0.274. The van der Waals surface area contributed by atoms with Gasteiger partial charge in [-0.1, -0.05) is 36.4 Å². The van der Waals surface area contributed by atoms with Gasteiger partial charge in [-0.3, -0.25) is 4.79 Å². The van der Waals surface area contributed by atoms with Crippen LogP contribution in [0.3, 0.4) is 0 Å². The quantitative estimate of drug-likeness (QED) is 0.603. The number of benzene rings is 2. The summed E-state index contributed by atoms with van der Waals surface area (Å²) in [5.41, 5.74) is 3.25. The number of fused-ring (bicyclic) bond motifs is 1. The van der Waals surface area contributed by atoms with Crippen LogP contribution < -0.4 is 15.4 Å². The molecule has 0 radical (unpaired) electrons. The van der Waals surface area contributed by atoms with Gasteiger partial charge in [-0.2, -0.15) is 0 Å². The van der Waals surface area contributed by atoms with Crippen LogP contribution >= 0.6 is 0 Å². The van der Waals surface area contributed by atoms with E-state index in [0.29, 0.717) is 45.4 Å². The van der Waals surface area contributed by atoms with Crippen LogP contribution in [0.15, 0.2) is 48.5 Å². The van der Waals surface area contributed by atoms with E-state index in [1.807, 2.05) is 23.1 Å². The van der Waals surface area contributed by atoms with Crippen LogP contribution in [0, 0.1) is 0 Å². The molecule has 3 rings (SSSR count). The number of carbonyl (C=O) groups excluding carboxylic acids is 2. The van der Waals surface area contributed by atoms with Crippen LogP contribution in [0.4, 0.5) is 18.0 Å². The molecular formula is C23H26F3N3O3. The number of ether oxygens (including phenoxy) is 1. The van der Waals surface area contributed by atoms with Crippen LogP contribution in [-0.2, 0) is 24.2 Å². The third-order valence-corrected chi connectivity index (χ3v) is 5.19. The topological polar surface area (TPSA) is 70.7 Å². The van der Waals surface area contributed by atoms with Crippen molar-refractivity contribution < 1.29 is 27.5 Å². The second-order valence-corrected chi connectivity index (χ2v) is 7.56. The van der Waals surface area contributed by atoms with Gasteiger partial charge in [-0.15, -0.1) is 13.2 Å². The van der Waals surface area contributed by atoms with E-state index < -0.39 is 6.36 Å². The Morgan fingerprint density at radius 3 is 2.38 bits per heavy atom. The fourth-order valence-corrected chi connectivity index (χ4v) is 3.55. The number of carbonyl (C=O) groups is 2. The molecule has 0 saturated heterocycles. The molecule has 0 fully saturated rings. The Labute approximate surface area is 184 Å². The molecule has 2 aromatic carbocycles. The summed E-state index contributed by atoms with van der Waals surface area (Å²) >= 11 is 0. The molecule has 6 nitrogen and oxygen atoms in total. The van der Waals surface area contributed by atoms with Crippen LogP contribution in [-0.4, -0.2) is 42.8 Å². The van der Waals surface area contributed by atoms with E-state index in [4.69, 9.17) is 0 Å². The first-order valence-corrected chi connectivity index (χ1v) is 10.5. The van der Waals surface area contributed by atoms with Gasteiger partial charge in [0, 0.05) is 32.6 Å². The first kappa shape index (κ1) is 23.4. The largest absolute Gasteiger partial charge is 0.573 e. The van der Waals surface area contributed by atoms with Crippen LogP contribution in [0.2, 0.25) is 0 Å². The lowest BCUT2D eigenvalue weighted by Crippen LogP contribution is -2.38. The fraction of sp³-hybridized carbons (Fsp3) is 0.391. The Bertz CT molecular complexity index is 917. The SMILES string of the molecule is O=C(NCCCC(=O)N1CCc2ccccc2C1)NCCc1ccc(OC(F)(F)F)cc1. The summed E-state index contributed by atoms with van der Waals surface area (Å²) in [5, 5.41) is 5.40. The van der Waals surface area contributed by atoms with Crippen LogP contribution in [0.5, 0.6) is 5.75 Å². The molecule has 2 N–H and O–H groups in total. The molecule has 0 atom stereocenters. The van der Waals surface area contributed by atoms with E-state index in [2.05, 4.69) is 21.4 Å². The third kappa shape index (κ3) is 7.47. The number of urea groups is 1. The molecule has 9 heteroatoms. The van der Waals surface area contributed by atoms with Crippen LogP contribution in [0.1, 0.15) is 29.5 Å². The zero-order valence-corrected chi connectivity index (χ0v) is 17.6. The lowest BCUT2D eigenvalue weighted by Gasteiger charge is -2.29. The summed E-state index contributed by atoms with van der Waals surface area (Å²) in [7, 11) is 0. The first-order valence-electron chi connectivity index (χ1n) is 10.5. The van der Waals surface area contributed by atoms with Gasteiger partial charge in [0.15, 0.2) is 0 Å². The van der Waals surface area contributed by atoms with E-state index in [1.165, 1.54) is 35.4 Å². The highest BCUT2D eigenvalue weighted by molar-refractivity contribution is 5.77. The van der Waals surface area contributed by atoms with E-state index in [1.54, 1.807) is 0 Å². The predicted molar refractivity (Wildman–Crippen MR) is 113 cm³/mol. The lowest BCUT2D eigenvalue weighted by atomic mass is 9.99. The van der Waals surface area contributed by atoms with E-state index >= 15 is 0 Å². The molecule has 1 aliphatic rings. The van der Waals surface area contributed by atoms with Crippen molar-refractivity contribution in [3.8, 4) is 5.75 Å². The second-order valence-electron chi connectivity index (χ2n) is 7.56. The Balaban J connectivity index is 1.27. The van der Waals surface area contributed by atoms with Gasteiger partial charge in [0.25, 0.3) is 0 Å². The van der Waals surface area contributed by atoms with Gasteiger partial charge in [0.05, 0.1) is 0 Å². The molecule has 3 amide bonds. The summed E-state index contributed by atoms with van der Waals surface area (Å²) in [4.78, 5) is 26.1. The van der Waals surface area contributed by atoms with Gasteiger partial charge in [0.1, 0.15) is 5.75 Å². The summed E-state index contributed by atoms with van der Waals surface area (Å²) in [6, 6.07) is 13.3. The van der Waals surface area contributed by atoms with Crippen molar-refractivity contribution in [1.82, 2.24) is 15.5 Å². The Morgan fingerprint density at radius 2 is 1.66 bits per heavy atom. The van der Waals surface area contributed by atoms with Gasteiger partial charge < -0.3 is 20.3 Å². The number of hydrogen-bond donors (Lipinski definition) is 2. The predicted octanol–water partition coefficient (Wildman–Crippen LogP) is 3.79. The maximum absolute atomic E-state index is 12.4. The third-order valence-electron chi connectivity index (χ3n) is 5.19. The summed E-state index contributed by atoms with van der Waals surface area (Å²) in [5.74, 6) is -0.199. The number of halogens is 3. The molecule has 0 unspecified atom stereocenters. The minimum Gasteiger partial charge on any atom is -0.406 e. The Kier molecular flexibility index (Phi) is 7.97. The van der Waals surface area contributed by atoms with Gasteiger partial charge in [-0.25, -0.2) is 4.79 Å². The van der Waals surface area contributed by atoms with Crippen molar-refractivity contribution in [3.05, 3.63) is 65.2 Å². The van der Waals surface area contributed by atoms with Crippen LogP contribution in [0.25, 0.3) is 0 Å². The minimum atomic E-state index is -4.72. The minimum absolute atomic E-state index is 0.0830. The zero-order chi connectivity index (χ0) is 23.0.